The van der Waals surface area contributed by atoms with Gasteiger partial charge in [-0.2, -0.15) is 0 Å². The van der Waals surface area contributed by atoms with Crippen molar-refractivity contribution in [1.82, 2.24) is 0 Å². The molecule has 0 bridgehead atoms. The summed E-state index contributed by atoms with van der Waals surface area (Å²) in [5, 5.41) is 9.96. The van der Waals surface area contributed by atoms with Gasteiger partial charge in [0.05, 0.1) is 0 Å². The predicted octanol–water partition coefficient (Wildman–Crippen LogP) is 3.00. The second kappa shape index (κ2) is 4.31. The SMILES string of the molecule is O=C(O)CCc1cccc2cccc(F)c12. The van der Waals surface area contributed by atoms with Crippen LogP contribution in [-0.4, -0.2) is 11.1 Å². The molecule has 0 aliphatic rings. The van der Waals surface area contributed by atoms with E-state index in [9.17, 15) is 9.18 Å². The van der Waals surface area contributed by atoms with Crippen LogP contribution in [0.15, 0.2) is 36.4 Å². The second-order valence-corrected chi connectivity index (χ2v) is 3.65. The van der Waals surface area contributed by atoms with Crippen LogP contribution in [0.2, 0.25) is 0 Å². The van der Waals surface area contributed by atoms with Crippen LogP contribution in [0.1, 0.15) is 12.0 Å². The third kappa shape index (κ3) is 2.03. The first-order valence-corrected chi connectivity index (χ1v) is 5.06. The van der Waals surface area contributed by atoms with Crippen LogP contribution in [0.3, 0.4) is 0 Å². The van der Waals surface area contributed by atoms with E-state index in [0.717, 1.165) is 10.9 Å². The van der Waals surface area contributed by atoms with Gasteiger partial charge in [-0.25, -0.2) is 4.39 Å². The molecule has 3 heteroatoms. The van der Waals surface area contributed by atoms with Gasteiger partial charge in [-0.3, -0.25) is 4.79 Å². The van der Waals surface area contributed by atoms with Crippen molar-refractivity contribution in [3.05, 3.63) is 47.8 Å². The summed E-state index contributed by atoms with van der Waals surface area (Å²) in [6.07, 6.45) is 0.376. The van der Waals surface area contributed by atoms with Gasteiger partial charge in [0.25, 0.3) is 0 Å². The molecule has 0 spiro atoms. The number of carboxylic acids is 1. The van der Waals surface area contributed by atoms with Gasteiger partial charge < -0.3 is 5.11 Å². The molecule has 2 rings (SSSR count). The molecule has 0 radical (unpaired) electrons. The Labute approximate surface area is 92.3 Å². The molecule has 82 valence electrons. The van der Waals surface area contributed by atoms with Crippen LogP contribution < -0.4 is 0 Å². The van der Waals surface area contributed by atoms with Gasteiger partial charge in [-0.05, 0) is 23.4 Å². The Kier molecular flexibility index (Phi) is 2.86. The third-order valence-electron chi connectivity index (χ3n) is 2.55. The molecule has 16 heavy (non-hydrogen) atoms. The third-order valence-corrected chi connectivity index (χ3v) is 2.55. The number of fused-ring (bicyclic) bond motifs is 1. The molecule has 2 aromatic carbocycles. The summed E-state index contributed by atoms with van der Waals surface area (Å²) in [5.74, 6) is -1.16. The molecule has 0 fully saturated rings. The van der Waals surface area contributed by atoms with E-state index >= 15 is 0 Å². The molecule has 2 nitrogen and oxygen atoms in total. The van der Waals surface area contributed by atoms with E-state index in [0.29, 0.717) is 11.8 Å². The molecular weight excluding hydrogens is 207 g/mol. The van der Waals surface area contributed by atoms with Crippen LogP contribution >= 0.6 is 0 Å². The van der Waals surface area contributed by atoms with Crippen molar-refractivity contribution in [1.29, 1.82) is 0 Å². The number of benzene rings is 2. The minimum Gasteiger partial charge on any atom is -0.481 e. The molecule has 0 saturated heterocycles. The molecule has 0 aliphatic heterocycles. The highest BCUT2D eigenvalue weighted by Crippen LogP contribution is 2.22. The topological polar surface area (TPSA) is 37.3 Å². The highest BCUT2D eigenvalue weighted by molar-refractivity contribution is 5.86. The fraction of sp³-hybridized carbons (Fsp3) is 0.154. The van der Waals surface area contributed by atoms with Gasteiger partial charge in [0.15, 0.2) is 0 Å². The zero-order valence-corrected chi connectivity index (χ0v) is 8.61. The van der Waals surface area contributed by atoms with Gasteiger partial charge in [-0.1, -0.05) is 30.3 Å². The average Bonchev–Trinajstić information content (AvgIpc) is 2.26. The molecular formula is C13H11FO2. The molecule has 0 amide bonds. The highest BCUT2D eigenvalue weighted by Gasteiger charge is 2.07. The van der Waals surface area contributed by atoms with Crippen LogP contribution in [0.4, 0.5) is 4.39 Å². The van der Waals surface area contributed by atoms with E-state index < -0.39 is 5.97 Å². The van der Waals surface area contributed by atoms with Crippen LogP contribution in [0.5, 0.6) is 0 Å². The van der Waals surface area contributed by atoms with Crippen LogP contribution in [0, 0.1) is 5.82 Å². The Morgan fingerprint density at radius 2 is 1.88 bits per heavy atom. The lowest BCUT2D eigenvalue weighted by atomic mass is 10.0. The van der Waals surface area contributed by atoms with Gasteiger partial charge in [0, 0.05) is 11.8 Å². The van der Waals surface area contributed by atoms with Crippen molar-refractivity contribution >= 4 is 16.7 Å². The summed E-state index contributed by atoms with van der Waals surface area (Å²) >= 11 is 0. The summed E-state index contributed by atoms with van der Waals surface area (Å²) in [7, 11) is 0. The zero-order valence-electron chi connectivity index (χ0n) is 8.61. The monoisotopic (exact) mass is 218 g/mol. The minimum atomic E-state index is -0.867. The number of hydrogen-bond acceptors (Lipinski definition) is 1. The van der Waals surface area contributed by atoms with Gasteiger partial charge in [0.1, 0.15) is 5.82 Å². The molecule has 0 aromatic heterocycles. The largest absolute Gasteiger partial charge is 0.481 e. The van der Waals surface area contributed by atoms with E-state index in [-0.39, 0.29) is 12.2 Å². The van der Waals surface area contributed by atoms with Crippen LogP contribution in [0.25, 0.3) is 10.8 Å². The zero-order chi connectivity index (χ0) is 11.5. The highest BCUT2D eigenvalue weighted by atomic mass is 19.1. The summed E-state index contributed by atoms with van der Waals surface area (Å²) in [6.45, 7) is 0. The lowest BCUT2D eigenvalue weighted by Crippen LogP contribution is -1.98. The lowest BCUT2D eigenvalue weighted by molar-refractivity contribution is -0.136. The maximum atomic E-state index is 13.6. The number of halogens is 1. The van der Waals surface area contributed by atoms with Crippen molar-refractivity contribution in [3.63, 3.8) is 0 Å². The predicted molar refractivity (Wildman–Crippen MR) is 59.9 cm³/mol. The van der Waals surface area contributed by atoms with Crippen molar-refractivity contribution in [2.45, 2.75) is 12.8 Å². The summed E-state index contributed by atoms with van der Waals surface area (Å²) in [6, 6.07) is 10.3. The number of hydrogen-bond donors (Lipinski definition) is 1. The number of carboxylic acid groups (broad SMARTS) is 1. The Morgan fingerprint density at radius 3 is 2.56 bits per heavy atom. The number of aliphatic carboxylic acids is 1. The Bertz CT molecular complexity index is 529. The maximum Gasteiger partial charge on any atom is 0.303 e. The first kappa shape index (κ1) is 10.6. The van der Waals surface area contributed by atoms with E-state index in [1.807, 2.05) is 18.2 Å². The first-order valence-electron chi connectivity index (χ1n) is 5.06. The Balaban J connectivity index is 2.48. The molecule has 0 heterocycles. The van der Waals surface area contributed by atoms with E-state index in [1.165, 1.54) is 6.07 Å². The lowest BCUT2D eigenvalue weighted by Gasteiger charge is -2.06. The molecule has 0 unspecified atom stereocenters. The molecule has 0 aliphatic carbocycles. The number of aryl methyl sites for hydroxylation is 1. The van der Waals surface area contributed by atoms with Crippen molar-refractivity contribution in [3.8, 4) is 0 Å². The molecule has 0 atom stereocenters. The fourth-order valence-corrected chi connectivity index (χ4v) is 1.82. The smallest absolute Gasteiger partial charge is 0.303 e. The second-order valence-electron chi connectivity index (χ2n) is 3.65. The van der Waals surface area contributed by atoms with Gasteiger partial charge >= 0.3 is 5.97 Å². The standard InChI is InChI=1S/C13H11FO2/c14-11-6-2-5-9-3-1-4-10(13(9)11)7-8-12(15)16/h1-6H,7-8H2,(H,15,16). The van der Waals surface area contributed by atoms with Crippen molar-refractivity contribution < 1.29 is 14.3 Å². The van der Waals surface area contributed by atoms with Crippen molar-refractivity contribution in [2.75, 3.05) is 0 Å². The number of rotatable bonds is 3. The molecule has 2 aromatic rings. The van der Waals surface area contributed by atoms with E-state index in [2.05, 4.69) is 0 Å². The Morgan fingerprint density at radius 1 is 1.19 bits per heavy atom. The average molecular weight is 218 g/mol. The molecule has 0 saturated carbocycles. The molecule has 1 N–H and O–H groups in total. The van der Waals surface area contributed by atoms with Crippen molar-refractivity contribution in [2.24, 2.45) is 0 Å². The summed E-state index contributed by atoms with van der Waals surface area (Å²) in [5.41, 5.74) is 0.748. The van der Waals surface area contributed by atoms with E-state index in [4.69, 9.17) is 5.11 Å². The Hall–Kier alpha value is -1.90. The number of carbonyl (C=O) groups is 1. The fourth-order valence-electron chi connectivity index (χ4n) is 1.82. The summed E-state index contributed by atoms with van der Waals surface area (Å²) in [4.78, 5) is 10.5. The minimum absolute atomic E-state index is 0.0213. The van der Waals surface area contributed by atoms with Gasteiger partial charge in [0.2, 0.25) is 0 Å². The quantitative estimate of drug-likeness (QED) is 0.859. The van der Waals surface area contributed by atoms with E-state index in [1.54, 1.807) is 12.1 Å². The maximum absolute atomic E-state index is 13.6. The van der Waals surface area contributed by atoms with Crippen LogP contribution in [-0.2, 0) is 11.2 Å². The van der Waals surface area contributed by atoms with Gasteiger partial charge in [-0.15, -0.1) is 0 Å². The normalized spacial score (nSPS) is 10.6. The first-order chi connectivity index (χ1) is 7.68. The summed E-state index contributed by atoms with van der Waals surface area (Å²) < 4.78 is 13.6.